The monoisotopic (exact) mass is 308 g/mol. The van der Waals surface area contributed by atoms with Crippen molar-refractivity contribution < 1.29 is 5.11 Å². The number of thiazole rings is 1. The van der Waals surface area contributed by atoms with E-state index in [4.69, 9.17) is 4.98 Å². The van der Waals surface area contributed by atoms with Gasteiger partial charge in [0.25, 0.3) is 0 Å². The molecule has 3 atom stereocenters. The largest absolute Gasteiger partial charge is 0.393 e. The molecule has 3 unspecified atom stereocenters. The fourth-order valence-electron chi connectivity index (χ4n) is 4.08. The number of aliphatic hydroxyl groups is 1. The number of hydrogen-bond donors (Lipinski definition) is 1. The molecule has 1 N–H and O–H groups in total. The van der Waals surface area contributed by atoms with E-state index >= 15 is 0 Å². The maximum Gasteiger partial charge on any atom is 0.0928 e. The van der Waals surface area contributed by atoms with Crippen LogP contribution in [0.4, 0.5) is 0 Å². The fourth-order valence-corrected chi connectivity index (χ4v) is 4.97. The second-order valence-corrected chi connectivity index (χ2v) is 7.62. The highest BCUT2D eigenvalue weighted by molar-refractivity contribution is 7.09. The van der Waals surface area contributed by atoms with Crippen molar-refractivity contribution in [3.63, 3.8) is 0 Å². The van der Waals surface area contributed by atoms with Crippen LogP contribution in [-0.4, -0.2) is 33.7 Å². The van der Waals surface area contributed by atoms with E-state index in [0.717, 1.165) is 19.4 Å². The molecule has 1 saturated heterocycles. The van der Waals surface area contributed by atoms with E-state index in [1.165, 1.54) is 55.8 Å². The maximum absolute atomic E-state index is 10.3. The second kappa shape index (κ2) is 7.21. The molecule has 3 nitrogen and oxygen atoms in total. The molecule has 21 heavy (non-hydrogen) atoms. The zero-order chi connectivity index (χ0) is 14.7. The Hall–Kier alpha value is -0.450. The molecule has 1 aromatic rings. The molecule has 118 valence electrons. The van der Waals surface area contributed by atoms with Gasteiger partial charge >= 0.3 is 0 Å². The van der Waals surface area contributed by atoms with Gasteiger partial charge in [-0.25, -0.2) is 4.98 Å². The third-order valence-electron chi connectivity index (χ3n) is 5.12. The lowest BCUT2D eigenvalue weighted by molar-refractivity contribution is 0.0199. The average molecular weight is 308 g/mol. The summed E-state index contributed by atoms with van der Waals surface area (Å²) in [6, 6.07) is 0.580. The molecule has 3 rings (SSSR count). The van der Waals surface area contributed by atoms with Crippen LogP contribution < -0.4 is 0 Å². The molecule has 2 aliphatic rings. The first kappa shape index (κ1) is 15.4. The van der Waals surface area contributed by atoms with Crippen molar-refractivity contribution >= 4 is 11.3 Å². The Morgan fingerprint density at radius 3 is 2.95 bits per heavy atom. The van der Waals surface area contributed by atoms with Gasteiger partial charge in [-0.15, -0.1) is 11.3 Å². The topological polar surface area (TPSA) is 36.4 Å². The average Bonchev–Trinajstić information content (AvgIpc) is 3.10. The predicted molar refractivity (Wildman–Crippen MR) is 87.5 cm³/mol. The Bertz CT molecular complexity index is 448. The number of rotatable bonds is 5. The van der Waals surface area contributed by atoms with Crippen molar-refractivity contribution in [1.29, 1.82) is 0 Å². The molecule has 1 aromatic heterocycles. The summed E-state index contributed by atoms with van der Waals surface area (Å²) in [5.74, 6) is 0.495. The van der Waals surface area contributed by atoms with Crippen LogP contribution in [0.3, 0.4) is 0 Å². The van der Waals surface area contributed by atoms with E-state index in [-0.39, 0.29) is 6.10 Å². The highest BCUT2D eigenvalue weighted by Crippen LogP contribution is 2.35. The van der Waals surface area contributed by atoms with Crippen LogP contribution in [0.1, 0.15) is 62.6 Å². The Balaban J connectivity index is 1.63. The van der Waals surface area contributed by atoms with Crippen LogP contribution in [-0.2, 0) is 13.0 Å². The summed E-state index contributed by atoms with van der Waals surface area (Å²) in [5, 5.41) is 13.9. The van der Waals surface area contributed by atoms with Crippen LogP contribution in [0.25, 0.3) is 0 Å². The lowest BCUT2D eigenvalue weighted by atomic mass is 9.80. The summed E-state index contributed by atoms with van der Waals surface area (Å²) in [6.45, 7) is 4.37. The summed E-state index contributed by atoms with van der Waals surface area (Å²) in [6.07, 6.45) is 9.46. The number of hydrogen-bond acceptors (Lipinski definition) is 4. The quantitative estimate of drug-likeness (QED) is 0.902. The lowest BCUT2D eigenvalue weighted by Gasteiger charge is -2.37. The molecule has 2 heterocycles. The van der Waals surface area contributed by atoms with E-state index in [0.29, 0.717) is 12.0 Å². The van der Waals surface area contributed by atoms with Gasteiger partial charge in [0.05, 0.1) is 16.8 Å². The molecule has 0 bridgehead atoms. The summed E-state index contributed by atoms with van der Waals surface area (Å²) >= 11 is 1.81. The standard InChI is InChI=1S/C17H28N2OS/c1-2-6-17-18-13(12-21-17)11-19-10-5-8-15(19)14-7-3-4-9-16(14)20/h12,14-16,20H,2-11H2,1H3. The number of likely N-dealkylation sites (tertiary alicyclic amines) is 1. The van der Waals surface area contributed by atoms with E-state index in [9.17, 15) is 5.11 Å². The smallest absolute Gasteiger partial charge is 0.0928 e. The third kappa shape index (κ3) is 3.66. The normalized spacial score (nSPS) is 30.9. The second-order valence-electron chi connectivity index (χ2n) is 6.68. The first-order valence-corrected chi connectivity index (χ1v) is 9.51. The Kier molecular flexibility index (Phi) is 5.30. The van der Waals surface area contributed by atoms with Crippen molar-refractivity contribution in [2.24, 2.45) is 5.92 Å². The summed E-state index contributed by atoms with van der Waals surface area (Å²) < 4.78 is 0. The van der Waals surface area contributed by atoms with Crippen LogP contribution in [0.5, 0.6) is 0 Å². The highest BCUT2D eigenvalue weighted by atomic mass is 32.1. The van der Waals surface area contributed by atoms with Crippen LogP contribution in [0, 0.1) is 5.92 Å². The molecule has 1 aliphatic heterocycles. The van der Waals surface area contributed by atoms with Crippen molar-refractivity contribution in [3.8, 4) is 0 Å². The summed E-state index contributed by atoms with van der Waals surface area (Å²) in [5.41, 5.74) is 1.24. The van der Waals surface area contributed by atoms with Gasteiger partial charge in [0, 0.05) is 23.9 Å². The molecule has 1 aliphatic carbocycles. The van der Waals surface area contributed by atoms with Crippen molar-refractivity contribution in [3.05, 3.63) is 16.1 Å². The minimum atomic E-state index is -0.0737. The Morgan fingerprint density at radius 1 is 1.29 bits per heavy atom. The van der Waals surface area contributed by atoms with Gasteiger partial charge in [0.2, 0.25) is 0 Å². The minimum Gasteiger partial charge on any atom is -0.393 e. The van der Waals surface area contributed by atoms with Crippen molar-refractivity contribution in [2.45, 2.75) is 77.0 Å². The van der Waals surface area contributed by atoms with Crippen molar-refractivity contribution in [1.82, 2.24) is 9.88 Å². The van der Waals surface area contributed by atoms with E-state index in [2.05, 4.69) is 17.2 Å². The maximum atomic E-state index is 10.3. The minimum absolute atomic E-state index is 0.0737. The molecule has 0 aromatic carbocycles. The Morgan fingerprint density at radius 2 is 2.14 bits per heavy atom. The van der Waals surface area contributed by atoms with Gasteiger partial charge in [0.15, 0.2) is 0 Å². The Labute approximate surface area is 132 Å². The predicted octanol–water partition coefficient (Wildman–Crippen LogP) is 3.61. The van der Waals surface area contributed by atoms with Crippen LogP contribution in [0.2, 0.25) is 0 Å². The van der Waals surface area contributed by atoms with Gasteiger partial charge in [0.1, 0.15) is 0 Å². The van der Waals surface area contributed by atoms with Gasteiger partial charge in [-0.3, -0.25) is 4.90 Å². The summed E-state index contributed by atoms with van der Waals surface area (Å²) in [4.78, 5) is 7.36. The van der Waals surface area contributed by atoms with Crippen molar-refractivity contribution in [2.75, 3.05) is 6.54 Å². The first-order chi connectivity index (χ1) is 10.3. The molecular weight excluding hydrogens is 280 g/mol. The molecule has 0 radical (unpaired) electrons. The molecule has 0 amide bonds. The molecular formula is C17H28N2OS. The van der Waals surface area contributed by atoms with Gasteiger partial charge in [-0.1, -0.05) is 19.8 Å². The van der Waals surface area contributed by atoms with E-state index < -0.39 is 0 Å². The van der Waals surface area contributed by atoms with Gasteiger partial charge in [-0.05, 0) is 45.1 Å². The van der Waals surface area contributed by atoms with Crippen LogP contribution in [0.15, 0.2) is 5.38 Å². The number of aryl methyl sites for hydroxylation is 1. The van der Waals surface area contributed by atoms with E-state index in [1.807, 2.05) is 11.3 Å². The fraction of sp³-hybridized carbons (Fsp3) is 0.824. The zero-order valence-electron chi connectivity index (χ0n) is 13.1. The molecule has 1 saturated carbocycles. The van der Waals surface area contributed by atoms with Gasteiger partial charge < -0.3 is 5.11 Å². The van der Waals surface area contributed by atoms with Crippen LogP contribution >= 0.6 is 11.3 Å². The number of aliphatic hydroxyl groups excluding tert-OH is 1. The third-order valence-corrected chi connectivity index (χ3v) is 6.08. The highest BCUT2D eigenvalue weighted by Gasteiger charge is 2.36. The van der Waals surface area contributed by atoms with E-state index in [1.54, 1.807) is 0 Å². The number of nitrogens with zero attached hydrogens (tertiary/aromatic N) is 2. The molecule has 0 spiro atoms. The number of aromatic nitrogens is 1. The lowest BCUT2D eigenvalue weighted by Crippen LogP contribution is -2.42. The van der Waals surface area contributed by atoms with Gasteiger partial charge in [-0.2, -0.15) is 0 Å². The first-order valence-electron chi connectivity index (χ1n) is 8.63. The zero-order valence-corrected chi connectivity index (χ0v) is 13.9. The molecule has 4 heteroatoms. The SMILES string of the molecule is CCCc1nc(CN2CCCC2C2CCCCC2O)cs1. The summed E-state index contributed by atoms with van der Waals surface area (Å²) in [7, 11) is 0. The molecule has 2 fully saturated rings.